The minimum Gasteiger partial charge on any atom is -0.493 e. The van der Waals surface area contributed by atoms with Gasteiger partial charge < -0.3 is 38.5 Å². The molecule has 4 aliphatic heterocycles. The molecule has 0 N–H and O–H groups in total. The fourth-order valence-corrected chi connectivity index (χ4v) is 11.1. The van der Waals surface area contributed by atoms with Crippen LogP contribution in [0.4, 0.5) is 23.3 Å². The van der Waals surface area contributed by atoms with Crippen molar-refractivity contribution >= 4 is 57.2 Å². The summed E-state index contributed by atoms with van der Waals surface area (Å²) in [6, 6.07) is 32.6. The first-order chi connectivity index (χ1) is 38.4. The lowest BCUT2D eigenvalue weighted by Crippen LogP contribution is -2.30. The highest BCUT2D eigenvalue weighted by molar-refractivity contribution is 5.91. The Hall–Kier alpha value is -8.14. The lowest BCUT2D eigenvalue weighted by molar-refractivity contribution is 0.355. The van der Waals surface area contributed by atoms with Crippen molar-refractivity contribution in [2.45, 2.75) is 77.0 Å². The number of aryl methyl sites for hydroxylation is 2. The summed E-state index contributed by atoms with van der Waals surface area (Å²) in [4.78, 5) is 49.2. The Kier molecular flexibility index (Phi) is 16.3. The van der Waals surface area contributed by atoms with Gasteiger partial charge in [-0.15, -0.1) is 0 Å². The van der Waals surface area contributed by atoms with Gasteiger partial charge in [0.15, 0.2) is 34.6 Å². The van der Waals surface area contributed by atoms with Crippen LogP contribution in [0, 0.1) is 0 Å². The first kappa shape index (κ1) is 51.9. The van der Waals surface area contributed by atoms with Crippen LogP contribution in [0.2, 0.25) is 0 Å². The number of hydrogen-bond donors (Lipinski definition) is 0. The van der Waals surface area contributed by atoms with Crippen LogP contribution in [0.1, 0.15) is 87.5 Å². The number of benzene rings is 4. The molecule has 0 radical (unpaired) electrons. The van der Waals surface area contributed by atoms with E-state index in [1.807, 2.05) is 54.6 Å². The summed E-state index contributed by atoms with van der Waals surface area (Å²) in [5, 5.41) is 2.23. The van der Waals surface area contributed by atoms with Gasteiger partial charge in [0.25, 0.3) is 0 Å². The van der Waals surface area contributed by atoms with E-state index in [0.717, 1.165) is 132 Å². The lowest BCUT2D eigenvalue weighted by atomic mass is 10.1. The highest BCUT2D eigenvalue weighted by atomic mass is 16.5. The van der Waals surface area contributed by atoms with E-state index >= 15 is 0 Å². The molecule has 4 aliphatic rings. The third kappa shape index (κ3) is 11.9. The minimum absolute atomic E-state index is 0.625. The maximum absolute atomic E-state index is 5.56. The number of rotatable bonds is 15. The van der Waals surface area contributed by atoms with Gasteiger partial charge in [-0.3, -0.25) is 0 Å². The SMILES string of the molecule is COc1ccc(-c2cc(N3CCCC3)nc(/C=C/c3nc(N4CCCCC4)c4ccccc4n3)n2)cc1OC.COc1ccc(-c2cc(N3CCCC3)nc(CCc3nc(N4CCCCC4)c4ccccc4n3)n2)cc1OC. The molecule has 4 aromatic carbocycles. The molecule has 4 saturated heterocycles. The number of hydrogen-bond acceptors (Lipinski definition) is 16. The number of methoxy groups -OCH3 is 4. The van der Waals surface area contributed by atoms with E-state index in [-0.39, 0.29) is 0 Å². The van der Waals surface area contributed by atoms with Crippen LogP contribution >= 0.6 is 0 Å². The van der Waals surface area contributed by atoms with Crippen molar-refractivity contribution in [3.63, 3.8) is 0 Å². The third-order valence-electron chi connectivity index (χ3n) is 15.2. The third-order valence-corrected chi connectivity index (χ3v) is 15.2. The van der Waals surface area contributed by atoms with E-state index in [2.05, 4.69) is 74.2 Å². The molecule has 402 valence electrons. The molecule has 0 unspecified atom stereocenters. The zero-order valence-corrected chi connectivity index (χ0v) is 45.5. The molecule has 12 rings (SSSR count). The molecule has 0 saturated carbocycles. The number of nitrogens with zero attached hydrogens (tertiary/aromatic N) is 12. The monoisotopic (exact) mass is 1050 g/mol. The Labute approximate surface area is 457 Å². The Balaban J connectivity index is 0.000000165. The number of anilines is 4. The molecule has 4 aromatic heterocycles. The van der Waals surface area contributed by atoms with Gasteiger partial charge in [0.1, 0.15) is 34.9 Å². The molecule has 0 bridgehead atoms. The maximum atomic E-state index is 5.56. The Morgan fingerprint density at radius 1 is 0.372 bits per heavy atom. The van der Waals surface area contributed by atoms with Crippen molar-refractivity contribution in [1.82, 2.24) is 39.9 Å². The average Bonchev–Trinajstić information content (AvgIpc) is 4.31. The second-order valence-corrected chi connectivity index (χ2v) is 20.4. The van der Waals surface area contributed by atoms with Crippen molar-refractivity contribution in [2.24, 2.45) is 0 Å². The summed E-state index contributed by atoms with van der Waals surface area (Å²) >= 11 is 0. The van der Waals surface area contributed by atoms with Crippen molar-refractivity contribution < 1.29 is 18.9 Å². The van der Waals surface area contributed by atoms with Crippen molar-refractivity contribution in [3.05, 3.63) is 120 Å². The second-order valence-electron chi connectivity index (χ2n) is 20.4. The van der Waals surface area contributed by atoms with E-state index in [9.17, 15) is 0 Å². The van der Waals surface area contributed by atoms with Crippen LogP contribution in [0.15, 0.2) is 97.1 Å². The average molecular weight is 1050 g/mol. The molecule has 16 nitrogen and oxygen atoms in total. The number of para-hydroxylation sites is 2. The summed E-state index contributed by atoms with van der Waals surface area (Å²) in [6.07, 6.45) is 17.3. The van der Waals surface area contributed by atoms with E-state index in [4.69, 9.17) is 58.8 Å². The van der Waals surface area contributed by atoms with Crippen molar-refractivity contribution in [2.75, 3.05) is 100 Å². The molecule has 8 heterocycles. The second kappa shape index (κ2) is 24.5. The van der Waals surface area contributed by atoms with Crippen LogP contribution in [0.25, 0.3) is 56.5 Å². The van der Waals surface area contributed by atoms with Crippen molar-refractivity contribution in [3.8, 4) is 45.5 Å². The van der Waals surface area contributed by atoms with Gasteiger partial charge in [-0.05, 0) is 137 Å². The first-order valence-corrected chi connectivity index (χ1v) is 27.9. The lowest BCUT2D eigenvalue weighted by Gasteiger charge is -2.29. The van der Waals surface area contributed by atoms with Crippen LogP contribution in [-0.4, -0.2) is 121 Å². The summed E-state index contributed by atoms with van der Waals surface area (Å²) in [6.45, 7) is 8.20. The van der Waals surface area contributed by atoms with Gasteiger partial charge in [0, 0.05) is 99.2 Å². The van der Waals surface area contributed by atoms with E-state index in [1.165, 1.54) is 64.2 Å². The van der Waals surface area contributed by atoms with Gasteiger partial charge in [-0.2, -0.15) is 0 Å². The normalized spacial score (nSPS) is 15.7. The van der Waals surface area contributed by atoms with Crippen LogP contribution in [0.3, 0.4) is 0 Å². The molecular weight excluding hydrogens is 977 g/mol. The largest absolute Gasteiger partial charge is 0.493 e. The summed E-state index contributed by atoms with van der Waals surface area (Å²) < 4.78 is 22.0. The maximum Gasteiger partial charge on any atom is 0.161 e. The Morgan fingerprint density at radius 2 is 0.795 bits per heavy atom. The zero-order valence-electron chi connectivity index (χ0n) is 45.5. The van der Waals surface area contributed by atoms with Gasteiger partial charge in [0.05, 0.1) is 50.9 Å². The first-order valence-electron chi connectivity index (χ1n) is 27.9. The molecule has 8 aromatic rings. The summed E-state index contributed by atoms with van der Waals surface area (Å²) in [7, 11) is 6.59. The van der Waals surface area contributed by atoms with Crippen LogP contribution in [-0.2, 0) is 12.8 Å². The van der Waals surface area contributed by atoms with Crippen molar-refractivity contribution in [1.29, 1.82) is 0 Å². The molecule has 0 amide bonds. The molecule has 78 heavy (non-hydrogen) atoms. The van der Waals surface area contributed by atoms with E-state index in [0.29, 0.717) is 47.5 Å². The van der Waals surface area contributed by atoms with Gasteiger partial charge in [-0.1, -0.05) is 24.3 Å². The fraction of sp³-hybridized carbons (Fsp3) is 0.387. The molecule has 16 heteroatoms. The van der Waals surface area contributed by atoms with Gasteiger partial charge >= 0.3 is 0 Å². The number of aromatic nitrogens is 8. The highest BCUT2D eigenvalue weighted by Crippen LogP contribution is 2.36. The zero-order chi connectivity index (χ0) is 53.2. The minimum atomic E-state index is 0.625. The quantitative estimate of drug-likeness (QED) is 0.0956. The predicted molar refractivity (Wildman–Crippen MR) is 312 cm³/mol. The number of ether oxygens (including phenoxy) is 4. The number of piperidine rings is 2. The molecular formula is C62H70N12O4. The summed E-state index contributed by atoms with van der Waals surface area (Å²) in [5.74, 6) is 9.68. The molecule has 0 spiro atoms. The highest BCUT2D eigenvalue weighted by Gasteiger charge is 2.22. The Morgan fingerprint density at radius 3 is 1.32 bits per heavy atom. The molecule has 0 atom stereocenters. The summed E-state index contributed by atoms with van der Waals surface area (Å²) in [5.41, 5.74) is 5.59. The molecule has 4 fully saturated rings. The van der Waals surface area contributed by atoms with E-state index in [1.54, 1.807) is 28.4 Å². The fourth-order valence-electron chi connectivity index (χ4n) is 11.1. The van der Waals surface area contributed by atoms with Crippen LogP contribution in [0.5, 0.6) is 23.0 Å². The predicted octanol–water partition coefficient (Wildman–Crippen LogP) is 11.3. The topological polar surface area (TPSA) is 153 Å². The van der Waals surface area contributed by atoms with E-state index < -0.39 is 0 Å². The number of fused-ring (bicyclic) bond motifs is 2. The van der Waals surface area contributed by atoms with Gasteiger partial charge in [0.2, 0.25) is 0 Å². The smallest absolute Gasteiger partial charge is 0.161 e. The Bertz CT molecular complexity index is 3390. The molecule has 0 aliphatic carbocycles. The standard InChI is InChI=1S/C31H36N6O2.C31H34N6O2/c2*1-38-26-13-12-22(20-27(26)39-2)25-21-30(36-16-8-9-17-36)34-28(33-25)14-15-29-32-24-11-5-4-10-23(24)31(35-29)37-18-6-3-7-19-37/h4-5,10-13,20-21H,3,6-9,14-19H2,1-2H3;4-5,10-15,20-21H,3,6-9,16-19H2,1-2H3/b;15-14+. The van der Waals surface area contributed by atoms with Crippen LogP contribution < -0.4 is 38.5 Å². The van der Waals surface area contributed by atoms with Gasteiger partial charge in [-0.25, -0.2) is 39.9 Å².